The third kappa shape index (κ3) is 8.22. The van der Waals surface area contributed by atoms with E-state index in [4.69, 9.17) is 0 Å². The predicted octanol–water partition coefficient (Wildman–Crippen LogP) is 6.65. The van der Waals surface area contributed by atoms with Gasteiger partial charge in [0.2, 0.25) is 0 Å². The van der Waals surface area contributed by atoms with E-state index in [2.05, 4.69) is 20.8 Å². The molecule has 7 rings (SSSR count). The van der Waals surface area contributed by atoms with E-state index in [-0.39, 0.29) is 56.5 Å². The maximum atomic E-state index is 14.3. The Morgan fingerprint density at radius 3 is 1.51 bits per heavy atom. The van der Waals surface area contributed by atoms with E-state index < -0.39 is 64.7 Å². The number of carbonyl (C=O) groups is 4. The van der Waals surface area contributed by atoms with Crippen LogP contribution in [0.5, 0.6) is 0 Å². The number of fused-ring (bicyclic) bond motifs is 2. The van der Waals surface area contributed by atoms with E-state index in [9.17, 15) is 50.6 Å². The van der Waals surface area contributed by atoms with E-state index in [1.165, 1.54) is 36.4 Å². The number of carboxylic acid groups (broad SMARTS) is 1. The molecule has 5 aromatic rings. The van der Waals surface area contributed by atoms with Crippen LogP contribution in [0.1, 0.15) is 101 Å². The lowest BCUT2D eigenvalue weighted by molar-refractivity contribution is -0.142. The van der Waals surface area contributed by atoms with Gasteiger partial charge in [0.1, 0.15) is 29.0 Å². The van der Waals surface area contributed by atoms with Gasteiger partial charge in [0, 0.05) is 31.7 Å². The summed E-state index contributed by atoms with van der Waals surface area (Å²) in [4.78, 5) is 52.8. The minimum atomic E-state index is -4.97. The van der Waals surface area contributed by atoms with Crippen LogP contribution >= 0.6 is 0 Å². The lowest BCUT2D eigenvalue weighted by atomic mass is 10.1. The number of anilines is 2. The molecule has 2 aliphatic rings. The molecule has 3 N–H and O–H groups in total. The average molecular weight is 823 g/mol. The molecule has 2 amide bonds. The molecule has 0 aliphatic carbocycles. The minimum absolute atomic E-state index is 0.00178. The minimum Gasteiger partial charge on any atom is -0.478 e. The summed E-state index contributed by atoms with van der Waals surface area (Å²) in [5.41, 5.74) is -1.30. The van der Waals surface area contributed by atoms with E-state index in [0.717, 1.165) is 9.36 Å². The molecule has 0 spiro atoms. The zero-order valence-electron chi connectivity index (χ0n) is 31.4. The number of aldehydes is 1. The summed E-state index contributed by atoms with van der Waals surface area (Å²) >= 11 is 0. The van der Waals surface area contributed by atoms with Gasteiger partial charge in [-0.25, -0.2) is 14.2 Å². The normalized spacial score (nSPS) is 14.8. The second-order valence-corrected chi connectivity index (χ2v) is 14.3. The van der Waals surface area contributed by atoms with Gasteiger partial charge in [-0.15, -0.1) is 0 Å². The third-order valence-electron chi connectivity index (χ3n) is 10.3. The number of rotatable bonds is 12. The molecule has 0 fully saturated rings. The number of aromatic carboxylic acids is 1. The smallest absolute Gasteiger partial charge is 0.436 e. The van der Waals surface area contributed by atoms with Crippen LogP contribution in [0.4, 0.5) is 38.0 Å². The Labute approximate surface area is 332 Å². The van der Waals surface area contributed by atoms with E-state index in [1.54, 1.807) is 60.0 Å². The van der Waals surface area contributed by atoms with Crippen molar-refractivity contribution in [2.45, 2.75) is 64.5 Å². The Morgan fingerprint density at radius 2 is 1.12 bits per heavy atom. The zero-order valence-corrected chi connectivity index (χ0v) is 31.4. The zero-order chi connectivity index (χ0) is 42.4. The second-order valence-electron chi connectivity index (χ2n) is 14.3. The van der Waals surface area contributed by atoms with E-state index in [0.29, 0.717) is 34.1 Å². The summed E-state index contributed by atoms with van der Waals surface area (Å²) in [7, 11) is 0. The van der Waals surface area contributed by atoms with E-state index >= 15 is 0 Å². The molecule has 2 atom stereocenters. The van der Waals surface area contributed by atoms with Crippen LogP contribution in [0.15, 0.2) is 72.8 Å². The second kappa shape index (κ2) is 15.6. The molecule has 3 aromatic carbocycles. The summed E-state index contributed by atoms with van der Waals surface area (Å²) in [5.74, 6) is -3.23. The lowest BCUT2D eigenvalue weighted by Gasteiger charge is -2.23. The molecule has 2 aliphatic heterocycles. The summed E-state index contributed by atoms with van der Waals surface area (Å²) in [5, 5.41) is 21.9. The van der Waals surface area contributed by atoms with Crippen LogP contribution in [0, 0.1) is 0 Å². The van der Waals surface area contributed by atoms with Crippen LogP contribution in [-0.2, 0) is 38.5 Å². The molecule has 0 saturated carbocycles. The van der Waals surface area contributed by atoms with Crippen molar-refractivity contribution in [3.63, 3.8) is 0 Å². The Morgan fingerprint density at radius 1 is 0.695 bits per heavy atom. The number of alkyl halides is 6. The summed E-state index contributed by atoms with van der Waals surface area (Å²) < 4.78 is 88.2. The van der Waals surface area contributed by atoms with Gasteiger partial charge in [-0.1, -0.05) is 60.7 Å². The lowest BCUT2D eigenvalue weighted by Crippen LogP contribution is -2.31. The monoisotopic (exact) mass is 822 g/mol. The maximum Gasteiger partial charge on any atom is 0.436 e. The Balaban J connectivity index is 1.12. The van der Waals surface area contributed by atoms with Crippen molar-refractivity contribution in [1.82, 2.24) is 30.2 Å². The first-order valence-electron chi connectivity index (χ1n) is 18.4. The molecular formula is C40H36F6N8O5. The van der Waals surface area contributed by atoms with Crippen molar-refractivity contribution in [3.05, 3.63) is 129 Å². The summed E-state index contributed by atoms with van der Waals surface area (Å²) in [6, 6.07) is 17.2. The van der Waals surface area contributed by atoms with Crippen molar-refractivity contribution in [3.8, 4) is 0 Å². The predicted molar refractivity (Wildman–Crippen MR) is 200 cm³/mol. The molecule has 2 unspecified atom stereocenters. The van der Waals surface area contributed by atoms with Crippen molar-refractivity contribution < 1.29 is 50.6 Å². The highest BCUT2D eigenvalue weighted by molar-refractivity contribution is 6.02. The Bertz CT molecular complexity index is 2420. The third-order valence-corrected chi connectivity index (χ3v) is 10.3. The first-order chi connectivity index (χ1) is 27.9. The number of aromatic nitrogens is 4. The number of hydrogen-bond donors (Lipinski definition) is 3. The van der Waals surface area contributed by atoms with Crippen LogP contribution in [0.25, 0.3) is 0 Å². The molecule has 59 heavy (non-hydrogen) atoms. The number of amides is 2. The first kappa shape index (κ1) is 40.5. The standard InChI is InChI=1S/C40H36F6N8O5/c1-22(27-8-6-24(21-55)7-9-27)47-34(56)30-32(39(41,42)43)49-53-16-14-51(36(30)53)19-25-4-3-5-26(18-25)20-52-15-17-54-37(52)31(33(50-54)40(44,45)46)35(57)48-23(2)28-10-12-29(13-11-28)38(58)59/h3-13,18,21-23H,14-17,19-20H2,1-2H3,(H,47,56)(H,48,57)(H,58,59). The van der Waals surface area contributed by atoms with Gasteiger partial charge in [-0.05, 0) is 48.2 Å². The van der Waals surface area contributed by atoms with Gasteiger partial charge < -0.3 is 25.5 Å². The molecule has 19 heteroatoms. The van der Waals surface area contributed by atoms with Crippen molar-refractivity contribution >= 4 is 35.7 Å². The molecule has 0 radical (unpaired) electrons. The molecule has 13 nitrogen and oxygen atoms in total. The fraction of sp³-hybridized carbons (Fsp3) is 0.300. The largest absolute Gasteiger partial charge is 0.478 e. The van der Waals surface area contributed by atoms with Crippen LogP contribution < -0.4 is 20.4 Å². The fourth-order valence-corrected chi connectivity index (χ4v) is 7.38. The molecule has 0 bridgehead atoms. The number of nitrogens with zero attached hydrogens (tertiary/aromatic N) is 6. The Kier molecular flexibility index (Phi) is 10.7. The number of benzene rings is 3. The van der Waals surface area contributed by atoms with Gasteiger partial charge in [0.15, 0.2) is 11.4 Å². The molecule has 4 heterocycles. The van der Waals surface area contributed by atoms with Gasteiger partial charge in [0.25, 0.3) is 11.8 Å². The first-order valence-corrected chi connectivity index (χ1v) is 18.4. The van der Waals surface area contributed by atoms with Crippen LogP contribution in [0.2, 0.25) is 0 Å². The SMILES string of the molecule is CC(NC(=O)c1c(C(F)(F)F)nn2c1N(Cc1cccc(CN3CCn4nc(C(F)(F)F)c(C(=O)NC(C)c5ccc(C(=O)O)cc5)c43)c1)CC2)c1ccc(C=O)cc1. The number of nitrogens with one attached hydrogen (secondary N) is 2. The number of halogens is 6. The molecule has 308 valence electrons. The number of carboxylic acids is 1. The van der Waals surface area contributed by atoms with Crippen LogP contribution in [0.3, 0.4) is 0 Å². The quantitative estimate of drug-likeness (QED) is 0.0927. The van der Waals surface area contributed by atoms with E-state index in [1.807, 2.05) is 0 Å². The topological polar surface area (TPSA) is 155 Å². The number of carbonyl (C=O) groups excluding carboxylic acids is 3. The average Bonchev–Trinajstić information content (AvgIpc) is 3.96. The van der Waals surface area contributed by atoms with Crippen molar-refractivity contribution in [1.29, 1.82) is 0 Å². The molecule has 0 saturated heterocycles. The molecule has 2 aromatic heterocycles. The Hall–Kier alpha value is -6.66. The van der Waals surface area contributed by atoms with Crippen molar-refractivity contribution in [2.24, 2.45) is 0 Å². The van der Waals surface area contributed by atoms with Crippen molar-refractivity contribution in [2.75, 3.05) is 22.9 Å². The number of hydrogen-bond acceptors (Lipinski definition) is 8. The molecular weight excluding hydrogens is 786 g/mol. The summed E-state index contributed by atoms with van der Waals surface area (Å²) in [6.45, 7) is 3.87. The van der Waals surface area contributed by atoms with Gasteiger partial charge >= 0.3 is 18.3 Å². The van der Waals surface area contributed by atoms with Gasteiger partial charge in [-0.3, -0.25) is 14.4 Å². The highest BCUT2D eigenvalue weighted by atomic mass is 19.4. The maximum absolute atomic E-state index is 14.3. The highest BCUT2D eigenvalue weighted by Gasteiger charge is 2.46. The van der Waals surface area contributed by atoms with Gasteiger partial charge in [-0.2, -0.15) is 36.5 Å². The fourth-order valence-electron chi connectivity index (χ4n) is 7.38. The highest BCUT2D eigenvalue weighted by Crippen LogP contribution is 2.40. The van der Waals surface area contributed by atoms with Crippen LogP contribution in [-0.4, -0.2) is 61.8 Å². The van der Waals surface area contributed by atoms with Gasteiger partial charge in [0.05, 0.1) is 30.7 Å². The summed E-state index contributed by atoms with van der Waals surface area (Å²) in [6.07, 6.45) is -9.26.